The molecule has 0 bridgehead atoms. The molecule has 8 nitrogen and oxygen atoms in total. The van der Waals surface area contributed by atoms with E-state index in [-0.39, 0.29) is 5.75 Å². The van der Waals surface area contributed by atoms with Gasteiger partial charge in [0.2, 0.25) is 0 Å². The number of imide groups is 1. The summed E-state index contributed by atoms with van der Waals surface area (Å²) in [5.74, 6) is -1.26. The Bertz CT molecular complexity index is 821. The van der Waals surface area contributed by atoms with Crippen molar-refractivity contribution in [3.05, 3.63) is 16.8 Å². The van der Waals surface area contributed by atoms with Crippen LogP contribution in [-0.4, -0.2) is 46.8 Å². The lowest BCUT2D eigenvalue weighted by molar-refractivity contribution is -0.151. The van der Waals surface area contributed by atoms with Gasteiger partial charge in [0, 0.05) is 17.3 Å². The van der Waals surface area contributed by atoms with Crippen LogP contribution in [0.5, 0.6) is 0 Å². The van der Waals surface area contributed by atoms with E-state index in [2.05, 4.69) is 20.6 Å². The number of hydrogen-bond donors (Lipinski definition) is 2. The van der Waals surface area contributed by atoms with Crippen LogP contribution >= 0.6 is 23.1 Å². The summed E-state index contributed by atoms with van der Waals surface area (Å²) in [5.41, 5.74) is 1.09. The first-order valence-electron chi connectivity index (χ1n) is 7.39. The van der Waals surface area contributed by atoms with Gasteiger partial charge in [0.05, 0.1) is 5.75 Å². The van der Waals surface area contributed by atoms with Gasteiger partial charge in [-0.05, 0) is 26.3 Å². The van der Waals surface area contributed by atoms with Gasteiger partial charge in [-0.25, -0.2) is 14.8 Å². The lowest BCUT2D eigenvalue weighted by Crippen LogP contribution is -2.43. The molecule has 25 heavy (non-hydrogen) atoms. The van der Waals surface area contributed by atoms with Crippen LogP contribution < -0.4 is 10.6 Å². The van der Waals surface area contributed by atoms with Crippen molar-refractivity contribution in [2.45, 2.75) is 31.9 Å². The number of aryl methyl sites for hydroxylation is 2. The van der Waals surface area contributed by atoms with E-state index in [1.807, 2.05) is 13.8 Å². The third-order valence-electron chi connectivity index (χ3n) is 3.40. The molecule has 0 spiro atoms. The number of nitrogens with zero attached hydrogens (tertiary/aromatic N) is 2. The van der Waals surface area contributed by atoms with E-state index in [1.165, 1.54) is 32.1 Å². The predicted octanol–water partition coefficient (Wildman–Crippen LogP) is 1.79. The van der Waals surface area contributed by atoms with Crippen LogP contribution in [0.15, 0.2) is 11.4 Å². The minimum Gasteiger partial charge on any atom is -0.452 e. The number of nitrogens with one attached hydrogen (secondary N) is 2. The lowest BCUT2D eigenvalue weighted by Gasteiger charge is -2.12. The zero-order valence-electron chi connectivity index (χ0n) is 14.2. The first-order valence-corrected chi connectivity index (χ1v) is 9.19. The first-order chi connectivity index (χ1) is 11.8. The van der Waals surface area contributed by atoms with Crippen LogP contribution in [0.2, 0.25) is 0 Å². The van der Waals surface area contributed by atoms with E-state index in [0.29, 0.717) is 5.03 Å². The van der Waals surface area contributed by atoms with Gasteiger partial charge in [-0.2, -0.15) is 0 Å². The van der Waals surface area contributed by atoms with Crippen LogP contribution in [-0.2, 0) is 14.3 Å². The summed E-state index contributed by atoms with van der Waals surface area (Å²) in [7, 11) is 1.38. The van der Waals surface area contributed by atoms with E-state index >= 15 is 0 Å². The molecule has 0 fully saturated rings. The fourth-order valence-electron chi connectivity index (χ4n) is 1.95. The summed E-state index contributed by atoms with van der Waals surface area (Å²) in [6.45, 7) is 5.40. The minimum absolute atomic E-state index is 0.00194. The number of ether oxygens (including phenoxy) is 1. The molecule has 2 aromatic rings. The van der Waals surface area contributed by atoms with Gasteiger partial charge >= 0.3 is 12.0 Å². The second-order valence-electron chi connectivity index (χ2n) is 5.13. The second kappa shape index (κ2) is 8.26. The highest BCUT2D eigenvalue weighted by Crippen LogP contribution is 2.34. The highest BCUT2D eigenvalue weighted by Gasteiger charge is 2.20. The maximum atomic E-state index is 11.9. The minimum atomic E-state index is -1.07. The van der Waals surface area contributed by atoms with E-state index in [1.54, 1.807) is 11.3 Å². The number of esters is 1. The standard InChI is InChI=1S/C15H18N4O4S2/c1-7-9(3)25-14-11(7)13(17-6-18-14)24-5-10(20)23-8(2)12(21)19-15(22)16-4/h6,8H,5H2,1-4H3,(H2,16,19,21,22)/t8-/m0/s1. The van der Waals surface area contributed by atoms with E-state index < -0.39 is 24.0 Å². The van der Waals surface area contributed by atoms with E-state index in [9.17, 15) is 14.4 Å². The van der Waals surface area contributed by atoms with Crippen LogP contribution in [0.4, 0.5) is 4.79 Å². The average molecular weight is 382 g/mol. The largest absolute Gasteiger partial charge is 0.452 e. The molecule has 2 aromatic heterocycles. The van der Waals surface area contributed by atoms with Gasteiger partial charge < -0.3 is 10.1 Å². The molecule has 134 valence electrons. The maximum Gasteiger partial charge on any atom is 0.321 e. The molecule has 0 radical (unpaired) electrons. The predicted molar refractivity (Wildman–Crippen MR) is 95.8 cm³/mol. The number of carbonyl (C=O) groups is 3. The summed E-state index contributed by atoms with van der Waals surface area (Å²) in [4.78, 5) is 45.2. The zero-order chi connectivity index (χ0) is 18.6. The summed E-state index contributed by atoms with van der Waals surface area (Å²) in [6.07, 6.45) is 0.395. The van der Waals surface area contributed by atoms with Crippen LogP contribution in [0.1, 0.15) is 17.4 Å². The number of aromatic nitrogens is 2. The molecule has 0 aliphatic rings. The SMILES string of the molecule is CNC(=O)NC(=O)[C@H](C)OC(=O)CSc1ncnc2sc(C)c(C)c12. The highest BCUT2D eigenvalue weighted by atomic mass is 32.2. The molecule has 0 aliphatic heterocycles. The fraction of sp³-hybridized carbons (Fsp3) is 0.400. The molecule has 0 saturated heterocycles. The van der Waals surface area contributed by atoms with Crippen molar-refractivity contribution < 1.29 is 19.1 Å². The maximum absolute atomic E-state index is 11.9. The highest BCUT2D eigenvalue weighted by molar-refractivity contribution is 8.00. The third kappa shape index (κ3) is 4.67. The van der Waals surface area contributed by atoms with Crippen molar-refractivity contribution in [3.63, 3.8) is 0 Å². The number of hydrogen-bond acceptors (Lipinski definition) is 8. The molecular formula is C15H18N4O4S2. The number of thiophene rings is 1. The Morgan fingerprint density at radius 3 is 2.72 bits per heavy atom. The molecular weight excluding hydrogens is 364 g/mol. The molecule has 0 unspecified atom stereocenters. The summed E-state index contributed by atoms with van der Waals surface area (Å²) in [6, 6.07) is -0.658. The smallest absolute Gasteiger partial charge is 0.321 e. The van der Waals surface area contributed by atoms with Gasteiger partial charge in [-0.3, -0.25) is 14.9 Å². The summed E-state index contributed by atoms with van der Waals surface area (Å²) < 4.78 is 5.03. The molecule has 3 amide bonds. The molecule has 0 aliphatic carbocycles. The topological polar surface area (TPSA) is 110 Å². The Morgan fingerprint density at radius 2 is 2.04 bits per heavy atom. The van der Waals surface area contributed by atoms with Crippen molar-refractivity contribution in [3.8, 4) is 0 Å². The van der Waals surface area contributed by atoms with Gasteiger partial charge in [-0.1, -0.05) is 11.8 Å². The second-order valence-corrected chi connectivity index (χ2v) is 7.30. The Labute approximate surface area is 152 Å². The van der Waals surface area contributed by atoms with Crippen molar-refractivity contribution >= 4 is 51.2 Å². The Kier molecular flexibility index (Phi) is 6.32. The lowest BCUT2D eigenvalue weighted by atomic mass is 10.2. The molecule has 1 atom stereocenters. The summed E-state index contributed by atoms with van der Waals surface area (Å²) in [5, 5.41) is 5.94. The molecule has 2 N–H and O–H groups in total. The normalized spacial score (nSPS) is 11.8. The monoisotopic (exact) mass is 382 g/mol. The number of carbonyl (C=O) groups excluding carboxylic acids is 3. The molecule has 10 heteroatoms. The van der Waals surface area contributed by atoms with Gasteiger partial charge in [0.1, 0.15) is 16.2 Å². The van der Waals surface area contributed by atoms with Crippen LogP contribution in [0, 0.1) is 13.8 Å². The van der Waals surface area contributed by atoms with Gasteiger partial charge in [0.15, 0.2) is 6.10 Å². The van der Waals surface area contributed by atoms with Crippen molar-refractivity contribution in [2.24, 2.45) is 0 Å². The first kappa shape index (κ1) is 19.1. The number of thioether (sulfide) groups is 1. The quantitative estimate of drug-likeness (QED) is 0.461. The molecule has 0 saturated carbocycles. The van der Waals surface area contributed by atoms with Crippen molar-refractivity contribution in [1.82, 2.24) is 20.6 Å². The average Bonchev–Trinajstić information content (AvgIpc) is 2.87. The van der Waals surface area contributed by atoms with E-state index in [0.717, 1.165) is 20.7 Å². The summed E-state index contributed by atoms with van der Waals surface area (Å²) >= 11 is 2.81. The van der Waals surface area contributed by atoms with Crippen molar-refractivity contribution in [1.29, 1.82) is 0 Å². The number of amides is 3. The van der Waals surface area contributed by atoms with Gasteiger partial charge in [-0.15, -0.1) is 11.3 Å². The molecule has 0 aromatic carbocycles. The Balaban J connectivity index is 1.96. The number of fused-ring (bicyclic) bond motifs is 1. The Hall–Kier alpha value is -2.20. The molecule has 2 rings (SSSR count). The van der Waals surface area contributed by atoms with Crippen LogP contribution in [0.25, 0.3) is 10.2 Å². The van der Waals surface area contributed by atoms with Gasteiger partial charge in [0.25, 0.3) is 5.91 Å². The number of rotatable bonds is 5. The zero-order valence-corrected chi connectivity index (χ0v) is 15.8. The fourth-order valence-corrected chi connectivity index (χ4v) is 3.85. The Morgan fingerprint density at radius 1 is 1.32 bits per heavy atom. The number of urea groups is 1. The van der Waals surface area contributed by atoms with E-state index in [4.69, 9.17) is 4.74 Å². The molecule has 2 heterocycles. The third-order valence-corrected chi connectivity index (χ3v) is 5.48. The van der Waals surface area contributed by atoms with Crippen LogP contribution in [0.3, 0.4) is 0 Å². The van der Waals surface area contributed by atoms with Crippen molar-refractivity contribution in [2.75, 3.05) is 12.8 Å².